The molecular formula is C6H11N3S2. The van der Waals surface area contributed by atoms with Crippen molar-refractivity contribution in [3.8, 4) is 0 Å². The lowest BCUT2D eigenvalue weighted by atomic mass is 10.6. The van der Waals surface area contributed by atoms with E-state index in [9.17, 15) is 0 Å². The number of rotatable bonds is 2. The van der Waals surface area contributed by atoms with E-state index in [1.165, 1.54) is 0 Å². The molecule has 0 amide bonds. The summed E-state index contributed by atoms with van der Waals surface area (Å²) in [5, 5.41) is 3.89. The molecule has 1 aliphatic heterocycles. The molecule has 0 aromatic carbocycles. The second-order valence-electron chi connectivity index (χ2n) is 2.18. The molecule has 0 aliphatic carbocycles. The van der Waals surface area contributed by atoms with Crippen LogP contribution in [0.15, 0.2) is 4.99 Å². The molecule has 0 fully saturated rings. The predicted octanol–water partition coefficient (Wildman–Crippen LogP) is 0.782. The van der Waals surface area contributed by atoms with Crippen molar-refractivity contribution in [1.29, 1.82) is 0 Å². The molecule has 11 heavy (non-hydrogen) atoms. The van der Waals surface area contributed by atoms with E-state index in [1.807, 2.05) is 16.9 Å². The topological polar surface area (TPSA) is 18.8 Å². The van der Waals surface area contributed by atoms with Gasteiger partial charge in [0.1, 0.15) is 6.34 Å². The third-order valence-corrected chi connectivity index (χ3v) is 1.95. The van der Waals surface area contributed by atoms with Gasteiger partial charge in [-0.05, 0) is 6.92 Å². The van der Waals surface area contributed by atoms with Gasteiger partial charge in [0, 0.05) is 6.54 Å². The second kappa shape index (κ2) is 3.92. The fraction of sp³-hybridized carbons (Fsp3) is 0.667. The van der Waals surface area contributed by atoms with E-state index in [0.717, 1.165) is 19.6 Å². The molecule has 0 saturated carbocycles. The highest BCUT2D eigenvalue weighted by Crippen LogP contribution is 2.04. The number of thiocarbonyl (C=S) groups is 1. The summed E-state index contributed by atoms with van der Waals surface area (Å²) in [6.07, 6.45) is 1.80. The summed E-state index contributed by atoms with van der Waals surface area (Å²) in [7, 11) is 0. The first kappa shape index (κ1) is 8.80. The molecule has 0 spiro atoms. The van der Waals surface area contributed by atoms with Crippen LogP contribution in [0.3, 0.4) is 0 Å². The van der Waals surface area contributed by atoms with E-state index < -0.39 is 0 Å². The molecule has 1 heterocycles. The Morgan fingerprint density at radius 2 is 2.64 bits per heavy atom. The summed E-state index contributed by atoms with van der Waals surface area (Å²) >= 11 is 9.04. The van der Waals surface area contributed by atoms with Crippen molar-refractivity contribution < 1.29 is 0 Å². The highest BCUT2D eigenvalue weighted by Gasteiger charge is 2.13. The van der Waals surface area contributed by atoms with Gasteiger partial charge in [0.05, 0.1) is 13.1 Å². The minimum absolute atomic E-state index is 0.598. The van der Waals surface area contributed by atoms with E-state index in [0.29, 0.717) is 4.32 Å². The molecule has 5 heteroatoms. The monoisotopic (exact) mass is 189 g/mol. The molecule has 0 atom stereocenters. The SMILES string of the molecule is CCN(C(=S)S)N1C=NCC1. The predicted molar refractivity (Wildman–Crippen MR) is 54.0 cm³/mol. The Morgan fingerprint density at radius 3 is 3.00 bits per heavy atom. The van der Waals surface area contributed by atoms with Crippen LogP contribution in [-0.2, 0) is 0 Å². The molecule has 1 aliphatic rings. The fourth-order valence-electron chi connectivity index (χ4n) is 0.980. The zero-order valence-electron chi connectivity index (χ0n) is 6.40. The smallest absolute Gasteiger partial charge is 0.152 e. The van der Waals surface area contributed by atoms with E-state index in [4.69, 9.17) is 12.2 Å². The normalized spacial score (nSPS) is 15.6. The molecule has 0 aromatic rings. The van der Waals surface area contributed by atoms with Crippen LogP contribution in [0.4, 0.5) is 0 Å². The van der Waals surface area contributed by atoms with Crippen LogP contribution in [0.2, 0.25) is 0 Å². The minimum Gasteiger partial charge on any atom is -0.272 e. The minimum atomic E-state index is 0.598. The van der Waals surface area contributed by atoms with Gasteiger partial charge in [-0.3, -0.25) is 15.0 Å². The van der Waals surface area contributed by atoms with Crippen LogP contribution in [0, 0.1) is 0 Å². The van der Waals surface area contributed by atoms with Crippen LogP contribution >= 0.6 is 24.8 Å². The molecule has 0 radical (unpaired) electrons. The van der Waals surface area contributed by atoms with Crippen molar-refractivity contribution in [2.24, 2.45) is 4.99 Å². The summed E-state index contributed by atoms with van der Waals surface area (Å²) in [4.78, 5) is 4.08. The van der Waals surface area contributed by atoms with Crippen molar-refractivity contribution in [2.45, 2.75) is 6.92 Å². The molecule has 0 aromatic heterocycles. The maximum atomic E-state index is 4.94. The summed E-state index contributed by atoms with van der Waals surface area (Å²) in [5.41, 5.74) is 0. The van der Waals surface area contributed by atoms with Crippen LogP contribution in [0.5, 0.6) is 0 Å². The van der Waals surface area contributed by atoms with Crippen LogP contribution in [0.25, 0.3) is 0 Å². The maximum absolute atomic E-state index is 4.94. The van der Waals surface area contributed by atoms with Gasteiger partial charge < -0.3 is 0 Å². The lowest BCUT2D eigenvalue weighted by Crippen LogP contribution is -2.42. The van der Waals surface area contributed by atoms with Crippen LogP contribution < -0.4 is 0 Å². The van der Waals surface area contributed by atoms with Gasteiger partial charge in [-0.25, -0.2) is 0 Å². The Balaban J connectivity index is 2.54. The highest BCUT2D eigenvalue weighted by atomic mass is 32.1. The molecular weight excluding hydrogens is 178 g/mol. The Hall–Kier alpha value is -0.290. The average Bonchev–Trinajstić information content (AvgIpc) is 2.40. The van der Waals surface area contributed by atoms with E-state index in [2.05, 4.69) is 17.6 Å². The highest BCUT2D eigenvalue weighted by molar-refractivity contribution is 8.10. The number of hydrogen-bond donors (Lipinski definition) is 1. The second-order valence-corrected chi connectivity index (χ2v) is 3.30. The van der Waals surface area contributed by atoms with Crippen LogP contribution in [0.1, 0.15) is 6.92 Å². The Bertz CT molecular complexity index is 181. The Morgan fingerprint density at radius 1 is 1.91 bits per heavy atom. The third kappa shape index (κ3) is 2.07. The van der Waals surface area contributed by atoms with Gasteiger partial charge >= 0.3 is 0 Å². The van der Waals surface area contributed by atoms with E-state index >= 15 is 0 Å². The first-order valence-electron chi connectivity index (χ1n) is 3.52. The summed E-state index contributed by atoms with van der Waals surface area (Å²) in [6, 6.07) is 0. The molecule has 0 saturated heterocycles. The molecule has 1 rings (SSSR count). The van der Waals surface area contributed by atoms with E-state index in [1.54, 1.807) is 6.34 Å². The Kier molecular flexibility index (Phi) is 3.14. The largest absolute Gasteiger partial charge is 0.272 e. The quantitative estimate of drug-likeness (QED) is 0.512. The van der Waals surface area contributed by atoms with E-state index in [-0.39, 0.29) is 0 Å². The Labute approximate surface area is 77.5 Å². The van der Waals surface area contributed by atoms with Gasteiger partial charge in [-0.2, -0.15) is 0 Å². The summed E-state index contributed by atoms with van der Waals surface area (Å²) in [6.45, 7) is 4.64. The van der Waals surface area contributed by atoms with Crippen molar-refractivity contribution in [2.75, 3.05) is 19.6 Å². The van der Waals surface area contributed by atoms with Gasteiger partial charge in [-0.15, -0.1) is 12.6 Å². The third-order valence-electron chi connectivity index (χ3n) is 1.50. The fourth-order valence-corrected chi connectivity index (χ4v) is 1.47. The van der Waals surface area contributed by atoms with Crippen LogP contribution in [-0.4, -0.2) is 40.3 Å². The summed E-state index contributed by atoms with van der Waals surface area (Å²) in [5.74, 6) is 0. The van der Waals surface area contributed by atoms with Crippen molar-refractivity contribution in [3.05, 3.63) is 0 Å². The van der Waals surface area contributed by atoms with Gasteiger partial charge in [0.2, 0.25) is 0 Å². The molecule has 62 valence electrons. The lowest BCUT2D eigenvalue weighted by molar-refractivity contribution is 0.169. The van der Waals surface area contributed by atoms with Gasteiger partial charge in [0.25, 0.3) is 0 Å². The average molecular weight is 189 g/mol. The number of hydrogen-bond acceptors (Lipinski definition) is 3. The molecule has 0 bridgehead atoms. The van der Waals surface area contributed by atoms with Gasteiger partial charge in [-0.1, -0.05) is 12.2 Å². The molecule has 0 N–H and O–H groups in total. The standard InChI is InChI=1S/C6H11N3S2/c1-2-9(6(10)11)8-4-3-7-5-8/h5H,2-4H2,1H3,(H,10,11). The van der Waals surface area contributed by atoms with Crippen molar-refractivity contribution in [3.63, 3.8) is 0 Å². The zero-order valence-corrected chi connectivity index (χ0v) is 8.11. The number of hydrazine groups is 1. The summed E-state index contributed by atoms with van der Waals surface area (Å²) < 4.78 is 0.598. The maximum Gasteiger partial charge on any atom is 0.152 e. The number of aliphatic imine (C=N–C) groups is 1. The number of thiol groups is 1. The van der Waals surface area contributed by atoms with Crippen molar-refractivity contribution in [1.82, 2.24) is 10.0 Å². The first-order valence-corrected chi connectivity index (χ1v) is 4.38. The first-order chi connectivity index (χ1) is 5.25. The zero-order chi connectivity index (χ0) is 8.27. The molecule has 0 unspecified atom stereocenters. The molecule has 3 nitrogen and oxygen atoms in total. The van der Waals surface area contributed by atoms with Crippen molar-refractivity contribution >= 4 is 35.5 Å². The lowest BCUT2D eigenvalue weighted by Gasteiger charge is -2.29. The number of nitrogens with zero attached hydrogens (tertiary/aromatic N) is 3. The van der Waals surface area contributed by atoms with Gasteiger partial charge in [0.15, 0.2) is 4.32 Å².